The van der Waals surface area contributed by atoms with Gasteiger partial charge in [-0.25, -0.2) is 0 Å². The summed E-state index contributed by atoms with van der Waals surface area (Å²) >= 11 is 0. The minimum Gasteiger partial charge on any atom is -0.397 e. The number of hydrogen-bond donors (Lipinski definition) is 1. The van der Waals surface area contributed by atoms with Crippen molar-refractivity contribution in [2.75, 3.05) is 17.2 Å². The van der Waals surface area contributed by atoms with Crippen molar-refractivity contribution in [2.45, 2.75) is 45.1 Å². The van der Waals surface area contributed by atoms with Crippen molar-refractivity contribution in [2.24, 2.45) is 0 Å². The zero-order valence-electron chi connectivity index (χ0n) is 14.4. The lowest BCUT2D eigenvalue weighted by Gasteiger charge is -2.36. The number of rotatable bonds is 5. The van der Waals surface area contributed by atoms with Gasteiger partial charge >= 0.3 is 0 Å². The van der Waals surface area contributed by atoms with Crippen LogP contribution in [0.25, 0.3) is 0 Å². The molecule has 2 N–H and O–H groups in total. The van der Waals surface area contributed by atoms with Gasteiger partial charge in [-0.3, -0.25) is 4.79 Å². The minimum atomic E-state index is 0.0227. The van der Waals surface area contributed by atoms with E-state index >= 15 is 0 Å². The Morgan fingerprint density at radius 1 is 1.04 bits per heavy atom. The molecule has 1 aliphatic rings. The van der Waals surface area contributed by atoms with Gasteiger partial charge in [0.15, 0.2) is 5.78 Å². The van der Waals surface area contributed by atoms with Gasteiger partial charge in [0.05, 0.1) is 11.4 Å². The molecule has 0 heterocycles. The van der Waals surface area contributed by atoms with E-state index in [4.69, 9.17) is 5.73 Å². The second kappa shape index (κ2) is 7.52. The average Bonchev–Trinajstić information content (AvgIpc) is 2.64. The molecule has 3 rings (SSSR count). The summed E-state index contributed by atoms with van der Waals surface area (Å²) < 4.78 is 0. The highest BCUT2D eigenvalue weighted by Crippen LogP contribution is 2.31. The number of benzene rings is 2. The quantitative estimate of drug-likeness (QED) is 0.643. The van der Waals surface area contributed by atoms with Crippen LogP contribution in [0.5, 0.6) is 0 Å². The summed E-state index contributed by atoms with van der Waals surface area (Å²) in [5, 5.41) is 0. The smallest absolute Gasteiger partial charge is 0.193 e. The lowest BCUT2D eigenvalue weighted by molar-refractivity contribution is 0.103. The van der Waals surface area contributed by atoms with Gasteiger partial charge in [-0.05, 0) is 38.0 Å². The maximum absolute atomic E-state index is 12.6. The molecule has 0 aromatic heterocycles. The van der Waals surface area contributed by atoms with Gasteiger partial charge in [0.1, 0.15) is 0 Å². The third-order valence-electron chi connectivity index (χ3n) is 4.99. The average molecular weight is 322 g/mol. The van der Waals surface area contributed by atoms with Crippen LogP contribution in [-0.4, -0.2) is 18.4 Å². The van der Waals surface area contributed by atoms with Crippen molar-refractivity contribution in [3.05, 3.63) is 59.7 Å². The number of ketones is 1. The molecular formula is C21H26N2O. The largest absolute Gasteiger partial charge is 0.397 e. The first kappa shape index (κ1) is 16.6. The second-order valence-corrected chi connectivity index (χ2v) is 6.55. The lowest BCUT2D eigenvalue weighted by atomic mass is 9.93. The number of nitrogen functional groups attached to an aromatic ring is 1. The number of anilines is 2. The van der Waals surface area contributed by atoms with E-state index in [-0.39, 0.29) is 5.78 Å². The van der Waals surface area contributed by atoms with E-state index in [1.165, 1.54) is 32.1 Å². The Kier molecular flexibility index (Phi) is 5.19. The summed E-state index contributed by atoms with van der Waals surface area (Å²) in [6.07, 6.45) is 6.40. The molecule has 0 atom stereocenters. The third-order valence-corrected chi connectivity index (χ3v) is 4.99. The number of nitrogens with zero attached hydrogens (tertiary/aromatic N) is 1. The Labute approximate surface area is 144 Å². The number of hydrogen-bond acceptors (Lipinski definition) is 3. The van der Waals surface area contributed by atoms with E-state index in [9.17, 15) is 4.79 Å². The fourth-order valence-corrected chi connectivity index (χ4v) is 3.73. The van der Waals surface area contributed by atoms with Gasteiger partial charge in [0.2, 0.25) is 0 Å². The lowest BCUT2D eigenvalue weighted by Crippen LogP contribution is -2.37. The standard InChI is InChI=1S/C21H26N2O/c1-2-23(18-11-7-4-8-12-18)20-14-13-17(15-19(20)22)21(24)16-9-5-3-6-10-16/h3,5-6,9-10,13-15,18H,2,4,7-8,11-12,22H2,1H3. The van der Waals surface area contributed by atoms with Crippen molar-refractivity contribution in [1.29, 1.82) is 0 Å². The highest BCUT2D eigenvalue weighted by Gasteiger charge is 2.22. The van der Waals surface area contributed by atoms with Gasteiger partial charge < -0.3 is 10.6 Å². The van der Waals surface area contributed by atoms with Crippen molar-refractivity contribution in [3.63, 3.8) is 0 Å². The molecule has 0 radical (unpaired) electrons. The predicted molar refractivity (Wildman–Crippen MR) is 101 cm³/mol. The van der Waals surface area contributed by atoms with Crippen molar-refractivity contribution in [1.82, 2.24) is 0 Å². The summed E-state index contributed by atoms with van der Waals surface area (Å²) in [7, 11) is 0. The summed E-state index contributed by atoms with van der Waals surface area (Å²) in [6, 6.07) is 15.7. The van der Waals surface area contributed by atoms with Crippen molar-refractivity contribution < 1.29 is 4.79 Å². The van der Waals surface area contributed by atoms with Crippen LogP contribution in [0.3, 0.4) is 0 Å². The van der Waals surface area contributed by atoms with E-state index < -0.39 is 0 Å². The molecule has 0 saturated heterocycles. The first-order valence-corrected chi connectivity index (χ1v) is 8.96. The minimum absolute atomic E-state index is 0.0227. The first-order chi connectivity index (χ1) is 11.7. The monoisotopic (exact) mass is 322 g/mol. The molecule has 24 heavy (non-hydrogen) atoms. The molecule has 0 bridgehead atoms. The van der Waals surface area contributed by atoms with Crippen molar-refractivity contribution >= 4 is 17.2 Å². The van der Waals surface area contributed by atoms with Gasteiger partial charge in [-0.2, -0.15) is 0 Å². The Morgan fingerprint density at radius 2 is 1.75 bits per heavy atom. The van der Waals surface area contributed by atoms with E-state index in [1.807, 2.05) is 48.5 Å². The zero-order valence-corrected chi connectivity index (χ0v) is 14.4. The summed E-state index contributed by atoms with van der Waals surface area (Å²) in [4.78, 5) is 15.0. The number of nitrogens with two attached hydrogens (primary N) is 1. The van der Waals surface area contributed by atoms with E-state index in [1.54, 1.807) is 0 Å². The molecule has 1 saturated carbocycles. The predicted octanol–water partition coefficient (Wildman–Crippen LogP) is 4.66. The Hall–Kier alpha value is -2.29. The molecule has 2 aromatic rings. The van der Waals surface area contributed by atoms with Crippen LogP contribution in [0.1, 0.15) is 54.9 Å². The third kappa shape index (κ3) is 3.45. The fourth-order valence-electron chi connectivity index (χ4n) is 3.73. The van der Waals surface area contributed by atoms with Crippen LogP contribution in [0, 0.1) is 0 Å². The molecule has 3 heteroatoms. The Balaban J connectivity index is 1.85. The van der Waals surface area contributed by atoms with Crippen molar-refractivity contribution in [3.8, 4) is 0 Å². The van der Waals surface area contributed by atoms with Gasteiger partial charge in [0, 0.05) is 23.7 Å². The van der Waals surface area contributed by atoms with Crippen LogP contribution >= 0.6 is 0 Å². The highest BCUT2D eigenvalue weighted by molar-refractivity contribution is 6.09. The van der Waals surface area contributed by atoms with Crippen LogP contribution < -0.4 is 10.6 Å². The van der Waals surface area contributed by atoms with Crippen LogP contribution in [0.2, 0.25) is 0 Å². The second-order valence-electron chi connectivity index (χ2n) is 6.55. The normalized spacial score (nSPS) is 15.2. The Morgan fingerprint density at radius 3 is 2.38 bits per heavy atom. The molecule has 1 fully saturated rings. The molecule has 3 nitrogen and oxygen atoms in total. The van der Waals surface area contributed by atoms with Crippen LogP contribution in [0.4, 0.5) is 11.4 Å². The SMILES string of the molecule is CCN(c1ccc(C(=O)c2ccccc2)cc1N)C1CCCCC1. The molecular weight excluding hydrogens is 296 g/mol. The maximum atomic E-state index is 12.6. The maximum Gasteiger partial charge on any atom is 0.193 e. The summed E-state index contributed by atoms with van der Waals surface area (Å²) in [5.74, 6) is 0.0227. The molecule has 0 spiro atoms. The molecule has 2 aromatic carbocycles. The molecule has 1 aliphatic carbocycles. The first-order valence-electron chi connectivity index (χ1n) is 8.96. The van der Waals surface area contributed by atoms with E-state index in [0.29, 0.717) is 22.9 Å². The summed E-state index contributed by atoms with van der Waals surface area (Å²) in [6.45, 7) is 3.12. The van der Waals surface area contributed by atoms with Crippen LogP contribution in [-0.2, 0) is 0 Å². The number of carbonyl (C=O) groups is 1. The fraction of sp³-hybridized carbons (Fsp3) is 0.381. The number of carbonyl (C=O) groups excluding carboxylic acids is 1. The molecule has 0 unspecified atom stereocenters. The van der Waals surface area contributed by atoms with Crippen LogP contribution in [0.15, 0.2) is 48.5 Å². The molecule has 0 amide bonds. The summed E-state index contributed by atoms with van der Waals surface area (Å²) in [5.41, 5.74) is 9.44. The van der Waals surface area contributed by atoms with E-state index in [0.717, 1.165) is 12.2 Å². The van der Waals surface area contributed by atoms with Gasteiger partial charge in [-0.1, -0.05) is 49.6 Å². The zero-order chi connectivity index (χ0) is 16.9. The Bertz CT molecular complexity index is 690. The van der Waals surface area contributed by atoms with E-state index in [2.05, 4.69) is 11.8 Å². The highest BCUT2D eigenvalue weighted by atomic mass is 16.1. The van der Waals surface area contributed by atoms with Gasteiger partial charge in [-0.15, -0.1) is 0 Å². The van der Waals surface area contributed by atoms with Gasteiger partial charge in [0.25, 0.3) is 0 Å². The topological polar surface area (TPSA) is 46.3 Å². The molecule has 126 valence electrons. The molecule has 0 aliphatic heterocycles.